The highest BCUT2D eigenvalue weighted by atomic mass is 35.5. The maximum atomic E-state index is 13.8. The zero-order valence-electron chi connectivity index (χ0n) is 18.7. The Bertz CT molecular complexity index is 1390. The van der Waals surface area contributed by atoms with Gasteiger partial charge in [0.2, 0.25) is 0 Å². The fourth-order valence-corrected chi connectivity index (χ4v) is 4.20. The van der Waals surface area contributed by atoms with Crippen molar-refractivity contribution in [2.24, 2.45) is 0 Å². The number of benzene rings is 3. The van der Waals surface area contributed by atoms with E-state index in [1.165, 1.54) is 25.3 Å². The molecule has 0 saturated carbocycles. The second-order valence-corrected chi connectivity index (χ2v) is 8.04. The van der Waals surface area contributed by atoms with Crippen LogP contribution in [-0.4, -0.2) is 23.2 Å². The Hall–Kier alpha value is -3.74. The molecule has 0 aliphatic heterocycles. The Balaban J connectivity index is 1.85. The molecule has 0 unspecified atom stereocenters. The van der Waals surface area contributed by atoms with Crippen LogP contribution in [0.15, 0.2) is 72.9 Å². The Kier molecular flexibility index (Phi) is 7.21. The van der Waals surface area contributed by atoms with Crippen LogP contribution in [-0.2, 0) is 9.63 Å². The molecule has 1 amide bonds. The molecule has 34 heavy (non-hydrogen) atoms. The van der Waals surface area contributed by atoms with Crippen LogP contribution < -0.4 is 5.48 Å². The molecule has 1 heterocycles. The zero-order valence-corrected chi connectivity index (χ0v) is 19.5. The third-order valence-corrected chi connectivity index (χ3v) is 5.78. The summed E-state index contributed by atoms with van der Waals surface area (Å²) in [7, 11) is 1.38. The number of hydrogen-bond donors (Lipinski definition) is 2. The van der Waals surface area contributed by atoms with Crippen LogP contribution in [0.5, 0.6) is 0 Å². The number of allylic oxidation sites excluding steroid dienone is 1. The van der Waals surface area contributed by atoms with Gasteiger partial charge in [-0.05, 0) is 70.2 Å². The van der Waals surface area contributed by atoms with E-state index in [4.69, 9.17) is 11.6 Å². The predicted octanol–water partition coefficient (Wildman–Crippen LogP) is 6.42. The van der Waals surface area contributed by atoms with E-state index in [1.54, 1.807) is 18.3 Å². The molecule has 0 saturated heterocycles. The van der Waals surface area contributed by atoms with Crippen molar-refractivity contribution < 1.29 is 14.0 Å². The smallest absolute Gasteiger partial charge is 0.267 e. The van der Waals surface area contributed by atoms with Crippen molar-refractivity contribution in [2.75, 3.05) is 7.11 Å². The number of fused-ring (bicyclic) bond motifs is 1. The van der Waals surface area contributed by atoms with Crippen molar-refractivity contribution in [3.05, 3.63) is 106 Å². The summed E-state index contributed by atoms with van der Waals surface area (Å²) >= 11 is 6.48. The normalized spacial score (nSPS) is 12.2. The van der Waals surface area contributed by atoms with Crippen LogP contribution in [0.25, 0.3) is 28.1 Å². The highest BCUT2D eigenvalue weighted by Crippen LogP contribution is 2.38. The Morgan fingerprint density at radius 2 is 1.88 bits per heavy atom. The number of carbonyl (C=O) groups excluding carboxylic acids is 1. The van der Waals surface area contributed by atoms with Crippen LogP contribution in [0, 0.1) is 5.82 Å². The van der Waals surface area contributed by atoms with E-state index in [0.717, 1.165) is 44.3 Å². The molecule has 0 aliphatic rings. The Morgan fingerprint density at radius 3 is 2.59 bits per heavy atom. The van der Waals surface area contributed by atoms with E-state index in [1.807, 2.05) is 36.4 Å². The lowest BCUT2D eigenvalue weighted by atomic mass is 9.87. The minimum Gasteiger partial charge on any atom is -0.278 e. The van der Waals surface area contributed by atoms with Gasteiger partial charge in [0.25, 0.3) is 5.91 Å². The number of amides is 1. The fourth-order valence-electron chi connectivity index (χ4n) is 3.92. The van der Waals surface area contributed by atoms with Crippen molar-refractivity contribution >= 4 is 45.6 Å². The predicted molar refractivity (Wildman–Crippen MR) is 134 cm³/mol. The second-order valence-electron chi connectivity index (χ2n) is 7.63. The van der Waals surface area contributed by atoms with Crippen molar-refractivity contribution in [1.29, 1.82) is 0 Å². The number of carbonyl (C=O) groups is 1. The van der Waals surface area contributed by atoms with Gasteiger partial charge in [0.15, 0.2) is 0 Å². The fraction of sp³-hybridized carbons (Fsp3) is 0.111. The minimum atomic E-state index is -0.376. The van der Waals surface area contributed by atoms with E-state index in [0.29, 0.717) is 11.4 Å². The highest BCUT2D eigenvalue weighted by molar-refractivity contribution is 6.32. The van der Waals surface area contributed by atoms with Crippen LogP contribution in [0.4, 0.5) is 4.39 Å². The van der Waals surface area contributed by atoms with E-state index in [9.17, 15) is 9.18 Å². The van der Waals surface area contributed by atoms with Crippen molar-refractivity contribution in [1.82, 2.24) is 15.7 Å². The molecule has 0 spiro atoms. The van der Waals surface area contributed by atoms with Gasteiger partial charge in [-0.2, -0.15) is 5.10 Å². The molecule has 5 nitrogen and oxygen atoms in total. The molecule has 0 radical (unpaired) electrons. The zero-order chi connectivity index (χ0) is 24.1. The number of aromatic nitrogens is 2. The number of halogens is 2. The SMILES string of the molecule is CC/C(=C(/c1ccc(/C=C/C(=O)NOC)cc1)c1ccc2[nH]ncc2c1)c1ccc(F)cc1Cl. The maximum absolute atomic E-state index is 13.8. The molecule has 4 rings (SSSR count). The van der Waals surface area contributed by atoms with E-state index in [-0.39, 0.29) is 11.7 Å². The molecular formula is C27H23ClFN3O2. The number of rotatable bonds is 7. The largest absolute Gasteiger partial charge is 0.278 e. The second kappa shape index (κ2) is 10.5. The number of nitrogens with one attached hydrogen (secondary N) is 2. The summed E-state index contributed by atoms with van der Waals surface area (Å²) in [5.74, 6) is -0.723. The first kappa shape index (κ1) is 23.4. The molecule has 1 aromatic heterocycles. The van der Waals surface area contributed by atoms with Gasteiger partial charge >= 0.3 is 0 Å². The van der Waals surface area contributed by atoms with Gasteiger partial charge in [0.1, 0.15) is 5.82 Å². The molecular weight excluding hydrogens is 453 g/mol. The maximum Gasteiger partial charge on any atom is 0.267 e. The third-order valence-electron chi connectivity index (χ3n) is 5.47. The number of hydrogen-bond acceptors (Lipinski definition) is 3. The lowest BCUT2D eigenvalue weighted by molar-refractivity contribution is -0.126. The van der Waals surface area contributed by atoms with E-state index >= 15 is 0 Å². The van der Waals surface area contributed by atoms with Gasteiger partial charge < -0.3 is 0 Å². The van der Waals surface area contributed by atoms with Crippen molar-refractivity contribution in [3.8, 4) is 0 Å². The first-order chi connectivity index (χ1) is 16.5. The quantitative estimate of drug-likeness (QED) is 0.184. The first-order valence-corrected chi connectivity index (χ1v) is 11.1. The summed E-state index contributed by atoms with van der Waals surface area (Å²) in [5, 5.41) is 8.45. The van der Waals surface area contributed by atoms with Crippen LogP contribution in [0.2, 0.25) is 5.02 Å². The molecule has 4 aromatic rings. The van der Waals surface area contributed by atoms with Crippen molar-refractivity contribution in [3.63, 3.8) is 0 Å². The Morgan fingerprint density at radius 1 is 1.12 bits per heavy atom. The standard InChI is InChI=1S/C27H23ClFN3O2/c1-3-22(23-11-10-21(29)15-24(23)28)27(19-9-12-25-20(14-19)16-30-31-25)18-7-4-17(5-8-18)6-13-26(33)32-34-2/h4-16H,3H2,1-2H3,(H,30,31)(H,32,33)/b13-6+,27-22+. The van der Waals surface area contributed by atoms with Crippen molar-refractivity contribution in [2.45, 2.75) is 13.3 Å². The number of aromatic amines is 1. The summed E-state index contributed by atoms with van der Waals surface area (Å²) in [6.07, 6.45) is 5.57. The number of hydroxylamine groups is 1. The average molecular weight is 476 g/mol. The van der Waals surface area contributed by atoms with Gasteiger partial charge in [-0.25, -0.2) is 9.87 Å². The molecule has 0 atom stereocenters. The summed E-state index contributed by atoms with van der Waals surface area (Å²) < 4.78 is 13.8. The molecule has 7 heteroatoms. The molecule has 0 fully saturated rings. The Labute approximate surface area is 201 Å². The van der Waals surface area contributed by atoms with Gasteiger partial charge in [-0.3, -0.25) is 14.7 Å². The number of nitrogens with zero attached hydrogens (tertiary/aromatic N) is 1. The molecule has 0 bridgehead atoms. The average Bonchev–Trinajstić information content (AvgIpc) is 3.30. The van der Waals surface area contributed by atoms with Crippen LogP contribution >= 0.6 is 11.6 Å². The first-order valence-electron chi connectivity index (χ1n) is 10.7. The van der Waals surface area contributed by atoms with Gasteiger partial charge in [0.05, 0.1) is 23.8 Å². The summed E-state index contributed by atoms with van der Waals surface area (Å²) in [4.78, 5) is 16.2. The summed E-state index contributed by atoms with van der Waals surface area (Å²) in [6.45, 7) is 2.05. The van der Waals surface area contributed by atoms with E-state index in [2.05, 4.69) is 33.5 Å². The lowest BCUT2D eigenvalue weighted by Crippen LogP contribution is -2.18. The summed E-state index contributed by atoms with van der Waals surface area (Å²) in [5.41, 5.74) is 8.79. The third kappa shape index (κ3) is 5.09. The van der Waals surface area contributed by atoms with Crippen LogP contribution in [0.1, 0.15) is 35.6 Å². The monoisotopic (exact) mass is 475 g/mol. The topological polar surface area (TPSA) is 67.0 Å². The van der Waals surface area contributed by atoms with Crippen LogP contribution in [0.3, 0.4) is 0 Å². The summed E-state index contributed by atoms with van der Waals surface area (Å²) in [6, 6.07) is 18.4. The van der Waals surface area contributed by atoms with Gasteiger partial charge in [-0.15, -0.1) is 0 Å². The molecule has 0 aliphatic carbocycles. The van der Waals surface area contributed by atoms with E-state index < -0.39 is 0 Å². The highest BCUT2D eigenvalue weighted by Gasteiger charge is 2.16. The molecule has 172 valence electrons. The molecule has 2 N–H and O–H groups in total. The molecule has 3 aromatic carbocycles. The van der Waals surface area contributed by atoms with Gasteiger partial charge in [0, 0.05) is 11.5 Å². The number of H-pyrrole nitrogens is 1. The van der Waals surface area contributed by atoms with Gasteiger partial charge in [-0.1, -0.05) is 54.9 Å². The lowest BCUT2D eigenvalue weighted by Gasteiger charge is -2.18. The minimum absolute atomic E-state index is 0.347.